The van der Waals surface area contributed by atoms with Gasteiger partial charge in [0.1, 0.15) is 0 Å². The van der Waals surface area contributed by atoms with Gasteiger partial charge < -0.3 is 18.8 Å². The smallest absolute Gasteiger partial charge is 1.00 e. The van der Waals surface area contributed by atoms with Gasteiger partial charge >= 0.3 is 19.5 Å². The minimum absolute atomic E-state index is 0. The molecule has 0 aromatic heterocycles. The molecule has 0 fully saturated rings. The fourth-order valence-corrected chi connectivity index (χ4v) is 1.23. The van der Waals surface area contributed by atoms with Gasteiger partial charge in [-0.25, -0.2) is 0 Å². The molecule has 0 radical (unpaired) electrons. The van der Waals surface area contributed by atoms with Crippen LogP contribution in [0.5, 0.6) is 0 Å². The summed E-state index contributed by atoms with van der Waals surface area (Å²) in [5, 5.41) is 0. The first-order valence-electron chi connectivity index (χ1n) is 6.23. The summed E-state index contributed by atoms with van der Waals surface area (Å²) in [5.74, 6) is 0. The molecule has 0 aliphatic carbocycles. The van der Waals surface area contributed by atoms with Crippen LogP contribution in [-0.2, 0) is 19.5 Å². The molecule has 1 rings (SSSR count). The van der Waals surface area contributed by atoms with Crippen molar-refractivity contribution in [3.05, 3.63) is 42.8 Å². The van der Waals surface area contributed by atoms with Crippen LogP contribution < -0.4 is 12.4 Å². The Bertz CT molecular complexity index is 157. The molecule has 0 aliphatic heterocycles. The maximum Gasteiger partial charge on any atom is 2.00 e. The molecule has 2 heteroatoms. The minimum atomic E-state index is 0. The van der Waals surface area contributed by atoms with E-state index in [1.54, 1.807) is 0 Å². The summed E-state index contributed by atoms with van der Waals surface area (Å²) in [5.41, 5.74) is 0. The molecule has 0 saturated heterocycles. The number of rotatable bonds is 6. The van der Waals surface area contributed by atoms with Gasteiger partial charge in [0, 0.05) is 0 Å². The fraction of sp³-hybridized carbons (Fsp3) is 0.533. The van der Waals surface area contributed by atoms with E-state index in [0.717, 1.165) is 0 Å². The summed E-state index contributed by atoms with van der Waals surface area (Å²) in [4.78, 5) is 0. The number of unbranched alkanes of at least 4 members (excludes halogenated alkanes) is 6. The summed E-state index contributed by atoms with van der Waals surface area (Å²) < 4.78 is 0. The van der Waals surface area contributed by atoms with Crippen molar-refractivity contribution < 1.29 is 31.9 Å². The van der Waals surface area contributed by atoms with E-state index in [1.165, 1.54) is 38.5 Å². The van der Waals surface area contributed by atoms with E-state index in [1.807, 2.05) is 36.4 Å². The second kappa shape index (κ2) is 21.4. The molecule has 0 N–H and O–H groups in total. The summed E-state index contributed by atoms with van der Waals surface area (Å²) >= 11 is 0. The van der Waals surface area contributed by atoms with E-state index in [0.29, 0.717) is 0 Å². The second-order valence-electron chi connectivity index (χ2n) is 3.73. The van der Waals surface area contributed by atoms with Gasteiger partial charge in [0.25, 0.3) is 0 Å². The van der Waals surface area contributed by atoms with Gasteiger partial charge in [0.05, 0.1) is 0 Å². The Morgan fingerprint density at radius 2 is 1.00 bits per heavy atom. The quantitative estimate of drug-likeness (QED) is 0.430. The van der Waals surface area contributed by atoms with Crippen molar-refractivity contribution in [1.29, 1.82) is 0 Å². The Morgan fingerprint density at radius 1 is 0.706 bits per heavy atom. The van der Waals surface area contributed by atoms with Crippen LogP contribution in [0.3, 0.4) is 0 Å². The summed E-state index contributed by atoms with van der Waals surface area (Å²) in [6.45, 7) is 4.49. The van der Waals surface area contributed by atoms with E-state index < -0.39 is 0 Å². The molecular formula is C15H25ClZn. The zero-order chi connectivity index (χ0) is 11.2. The van der Waals surface area contributed by atoms with Crippen LogP contribution in [0.4, 0.5) is 0 Å². The predicted octanol–water partition coefficient (Wildman–Crippen LogP) is 2.26. The minimum Gasteiger partial charge on any atom is -1.00 e. The monoisotopic (exact) mass is 304 g/mol. The van der Waals surface area contributed by atoms with Crippen molar-refractivity contribution in [3.63, 3.8) is 0 Å². The number of hydrogen-bond acceptors (Lipinski definition) is 0. The Kier molecular flexibility index (Phi) is 28.1. The molecule has 0 atom stereocenters. The molecule has 17 heavy (non-hydrogen) atoms. The van der Waals surface area contributed by atoms with E-state index in [9.17, 15) is 0 Å². The van der Waals surface area contributed by atoms with E-state index in [2.05, 4.69) is 20.3 Å². The summed E-state index contributed by atoms with van der Waals surface area (Å²) in [6.07, 6.45) is 10.5. The molecule has 0 heterocycles. The largest absolute Gasteiger partial charge is 2.00 e. The molecule has 94 valence electrons. The van der Waals surface area contributed by atoms with E-state index >= 15 is 0 Å². The topological polar surface area (TPSA) is 0 Å². The average molecular weight is 306 g/mol. The van der Waals surface area contributed by atoms with Crippen LogP contribution in [0.2, 0.25) is 0 Å². The van der Waals surface area contributed by atoms with Crippen LogP contribution in [0.25, 0.3) is 0 Å². The third-order valence-electron chi connectivity index (χ3n) is 2.19. The maximum absolute atomic E-state index is 2.42. The molecule has 0 nitrogen and oxygen atoms in total. The third-order valence-corrected chi connectivity index (χ3v) is 2.19. The van der Waals surface area contributed by atoms with E-state index in [-0.39, 0.29) is 31.9 Å². The molecule has 0 saturated carbocycles. The molecular weight excluding hydrogens is 281 g/mol. The number of benzene rings is 1. The second-order valence-corrected chi connectivity index (χ2v) is 3.73. The van der Waals surface area contributed by atoms with Gasteiger partial charge in [-0.05, 0) is 0 Å². The molecule has 1 aromatic rings. The van der Waals surface area contributed by atoms with Gasteiger partial charge in [-0.15, -0.1) is 0 Å². The standard InChI is InChI=1S/C9H19.C6H6.ClH.Zn/c1-3-5-7-9-8-6-4-2;1-2-4-6-5-3-1;;/h9H,3-8H2,1-2H3;1-6H;1H;/q-1;;;+2/p-1. The molecule has 0 unspecified atom stereocenters. The fourth-order valence-electron chi connectivity index (χ4n) is 1.23. The van der Waals surface area contributed by atoms with Crippen molar-refractivity contribution in [3.8, 4) is 0 Å². The third kappa shape index (κ3) is 21.9. The zero-order valence-corrected chi connectivity index (χ0v) is 15.1. The van der Waals surface area contributed by atoms with Gasteiger partial charge in [-0.3, -0.25) is 0 Å². The van der Waals surface area contributed by atoms with Crippen LogP contribution in [-0.4, -0.2) is 0 Å². The zero-order valence-electron chi connectivity index (χ0n) is 11.4. The normalized spacial score (nSPS) is 8.12. The Balaban J connectivity index is -0.000000216. The van der Waals surface area contributed by atoms with Crippen molar-refractivity contribution >= 4 is 0 Å². The summed E-state index contributed by atoms with van der Waals surface area (Å²) in [7, 11) is 0. The van der Waals surface area contributed by atoms with E-state index in [4.69, 9.17) is 0 Å². The number of hydrogen-bond donors (Lipinski definition) is 0. The molecule has 0 aliphatic rings. The van der Waals surface area contributed by atoms with Gasteiger partial charge in [0.2, 0.25) is 0 Å². The van der Waals surface area contributed by atoms with Gasteiger partial charge in [-0.2, -0.15) is 12.8 Å². The molecule has 0 amide bonds. The van der Waals surface area contributed by atoms with Crippen molar-refractivity contribution in [2.75, 3.05) is 0 Å². The maximum atomic E-state index is 2.42. The summed E-state index contributed by atoms with van der Waals surface area (Å²) in [6, 6.07) is 12.0. The molecule has 0 spiro atoms. The number of halogens is 1. The first-order valence-corrected chi connectivity index (χ1v) is 6.23. The van der Waals surface area contributed by atoms with Crippen molar-refractivity contribution in [1.82, 2.24) is 0 Å². The Labute approximate surface area is 127 Å². The first kappa shape index (κ1) is 22.3. The Hall–Kier alpha value is 0.133. The van der Waals surface area contributed by atoms with Crippen LogP contribution >= 0.6 is 0 Å². The first-order chi connectivity index (χ1) is 7.41. The molecule has 1 aromatic carbocycles. The molecule has 0 bridgehead atoms. The predicted molar refractivity (Wildman–Crippen MR) is 69.8 cm³/mol. The van der Waals surface area contributed by atoms with Crippen LogP contribution in [0, 0.1) is 6.42 Å². The average Bonchev–Trinajstić information content (AvgIpc) is 2.32. The van der Waals surface area contributed by atoms with Crippen LogP contribution in [0.1, 0.15) is 52.4 Å². The van der Waals surface area contributed by atoms with Gasteiger partial charge in [0.15, 0.2) is 0 Å². The Morgan fingerprint density at radius 3 is 1.24 bits per heavy atom. The van der Waals surface area contributed by atoms with Crippen molar-refractivity contribution in [2.45, 2.75) is 52.4 Å². The van der Waals surface area contributed by atoms with Crippen LogP contribution in [0.15, 0.2) is 36.4 Å². The SMILES string of the molecule is CCCC[CH-]CCCC.[Cl-].[Zn+2].c1ccccc1. The van der Waals surface area contributed by atoms with Gasteiger partial charge in [-0.1, -0.05) is 75.9 Å². The van der Waals surface area contributed by atoms with Crippen molar-refractivity contribution in [2.24, 2.45) is 0 Å².